The fourth-order valence-corrected chi connectivity index (χ4v) is 4.49. The highest BCUT2D eigenvalue weighted by Crippen LogP contribution is 2.40. The number of benzene rings is 2. The Balaban J connectivity index is 1.98. The van der Waals surface area contributed by atoms with E-state index in [9.17, 15) is 9.59 Å². The first-order valence-corrected chi connectivity index (χ1v) is 11.2. The number of thiocarbonyl (C=S) groups is 1. The van der Waals surface area contributed by atoms with Crippen molar-refractivity contribution < 1.29 is 14.3 Å². The van der Waals surface area contributed by atoms with E-state index in [2.05, 4.69) is 5.32 Å². The molecule has 3 rings (SSSR count). The van der Waals surface area contributed by atoms with Gasteiger partial charge in [0, 0.05) is 5.02 Å². The summed E-state index contributed by atoms with van der Waals surface area (Å²) in [7, 11) is 0. The molecular weight excluding hydrogens is 452 g/mol. The van der Waals surface area contributed by atoms with E-state index in [1.807, 2.05) is 37.3 Å². The second-order valence-corrected chi connectivity index (χ2v) is 10.0. The van der Waals surface area contributed by atoms with Crippen LogP contribution >= 0.6 is 35.6 Å². The first-order chi connectivity index (χ1) is 14.6. The molecular formula is C23H23ClN2O3S2. The molecule has 31 heavy (non-hydrogen) atoms. The van der Waals surface area contributed by atoms with Gasteiger partial charge in [-0.1, -0.05) is 78.0 Å². The number of allylic oxidation sites excluding steroid dienone is 1. The first-order valence-electron chi connectivity index (χ1n) is 9.63. The lowest BCUT2D eigenvalue weighted by Gasteiger charge is -2.29. The zero-order chi connectivity index (χ0) is 22.8. The molecule has 2 amide bonds. The number of carbonyl (C=O) groups excluding carboxylic acids is 2. The molecule has 0 radical (unpaired) electrons. The van der Waals surface area contributed by atoms with Crippen LogP contribution < -0.4 is 5.32 Å². The molecule has 5 nitrogen and oxygen atoms in total. The van der Waals surface area contributed by atoms with Gasteiger partial charge in [0.1, 0.15) is 16.1 Å². The third-order valence-corrected chi connectivity index (χ3v) is 6.20. The summed E-state index contributed by atoms with van der Waals surface area (Å²) in [4.78, 5) is 27.9. The van der Waals surface area contributed by atoms with E-state index in [1.54, 1.807) is 45.0 Å². The maximum absolute atomic E-state index is 13.4. The number of amides is 2. The molecule has 1 atom stereocenters. The van der Waals surface area contributed by atoms with Crippen molar-refractivity contribution in [2.24, 2.45) is 0 Å². The Morgan fingerprint density at radius 1 is 1.13 bits per heavy atom. The lowest BCUT2D eigenvalue weighted by atomic mass is 10.1. The van der Waals surface area contributed by atoms with Gasteiger partial charge in [0.25, 0.3) is 5.91 Å². The number of nitrogens with zero attached hydrogens (tertiary/aromatic N) is 1. The van der Waals surface area contributed by atoms with Crippen LogP contribution in [-0.2, 0) is 9.53 Å². The number of thioether (sulfide) groups is 1. The minimum atomic E-state index is -0.833. The molecule has 1 fully saturated rings. The van der Waals surface area contributed by atoms with Crippen LogP contribution in [0.5, 0.6) is 0 Å². The number of hydrogen-bond acceptors (Lipinski definition) is 5. The van der Waals surface area contributed by atoms with Crippen LogP contribution in [0.4, 0.5) is 4.79 Å². The monoisotopic (exact) mass is 474 g/mol. The van der Waals surface area contributed by atoms with Crippen molar-refractivity contribution in [1.82, 2.24) is 10.2 Å². The van der Waals surface area contributed by atoms with Crippen molar-refractivity contribution in [3.05, 3.63) is 75.7 Å². The van der Waals surface area contributed by atoms with Crippen molar-refractivity contribution in [3.8, 4) is 0 Å². The SMILES string of the molecule is C/C(=C1/SC(=S)N(C(NC(=O)OC(C)(C)C)c2ccc(Cl)cc2)C1=O)c1ccccc1. The van der Waals surface area contributed by atoms with Gasteiger partial charge in [0.05, 0.1) is 4.91 Å². The molecule has 2 aromatic carbocycles. The fraction of sp³-hybridized carbons (Fsp3) is 0.261. The maximum atomic E-state index is 13.4. The average molecular weight is 475 g/mol. The van der Waals surface area contributed by atoms with Crippen molar-refractivity contribution in [1.29, 1.82) is 0 Å². The van der Waals surface area contributed by atoms with Crippen LogP contribution in [0.15, 0.2) is 59.5 Å². The Morgan fingerprint density at radius 2 is 1.74 bits per heavy atom. The van der Waals surface area contributed by atoms with E-state index in [0.29, 0.717) is 19.8 Å². The quantitative estimate of drug-likeness (QED) is 0.425. The molecule has 0 bridgehead atoms. The summed E-state index contributed by atoms with van der Waals surface area (Å²) in [5.74, 6) is -0.271. The van der Waals surface area contributed by atoms with Gasteiger partial charge >= 0.3 is 6.09 Å². The number of alkyl carbamates (subject to hydrolysis) is 1. The zero-order valence-electron chi connectivity index (χ0n) is 17.6. The van der Waals surface area contributed by atoms with Gasteiger partial charge in [0.2, 0.25) is 0 Å². The number of halogens is 1. The zero-order valence-corrected chi connectivity index (χ0v) is 20.0. The smallest absolute Gasteiger partial charge is 0.409 e. The van der Waals surface area contributed by atoms with Crippen LogP contribution in [0, 0.1) is 0 Å². The number of rotatable bonds is 4. The molecule has 0 aromatic heterocycles. The van der Waals surface area contributed by atoms with Crippen LogP contribution in [0.3, 0.4) is 0 Å². The van der Waals surface area contributed by atoms with Crippen molar-refractivity contribution in [3.63, 3.8) is 0 Å². The van der Waals surface area contributed by atoms with Gasteiger partial charge in [-0.15, -0.1) is 0 Å². The van der Waals surface area contributed by atoms with Gasteiger partial charge in [-0.05, 0) is 56.5 Å². The first kappa shape index (κ1) is 23.3. The summed E-state index contributed by atoms with van der Waals surface area (Å²) >= 11 is 12.8. The van der Waals surface area contributed by atoms with Crippen molar-refractivity contribution in [2.75, 3.05) is 0 Å². The molecule has 0 aliphatic carbocycles. The predicted molar refractivity (Wildman–Crippen MR) is 130 cm³/mol. The van der Waals surface area contributed by atoms with Gasteiger partial charge in [-0.2, -0.15) is 0 Å². The summed E-state index contributed by atoms with van der Waals surface area (Å²) in [6.45, 7) is 7.21. The largest absolute Gasteiger partial charge is 0.444 e. The van der Waals surface area contributed by atoms with E-state index in [4.69, 9.17) is 28.6 Å². The Kier molecular flexibility index (Phi) is 7.09. The third-order valence-electron chi connectivity index (χ3n) is 4.44. The predicted octanol–water partition coefficient (Wildman–Crippen LogP) is 6.15. The van der Waals surface area contributed by atoms with E-state index >= 15 is 0 Å². The van der Waals surface area contributed by atoms with Crippen LogP contribution in [0.2, 0.25) is 5.02 Å². The molecule has 0 spiro atoms. The number of carbonyl (C=O) groups is 2. The molecule has 1 unspecified atom stereocenters. The molecule has 1 aliphatic rings. The van der Waals surface area contributed by atoms with E-state index in [1.165, 1.54) is 16.7 Å². The Labute approximate surface area is 196 Å². The highest BCUT2D eigenvalue weighted by molar-refractivity contribution is 8.26. The van der Waals surface area contributed by atoms with E-state index in [-0.39, 0.29) is 5.91 Å². The van der Waals surface area contributed by atoms with E-state index in [0.717, 1.165) is 11.1 Å². The van der Waals surface area contributed by atoms with Gasteiger partial charge in [-0.3, -0.25) is 15.0 Å². The summed E-state index contributed by atoms with van der Waals surface area (Å²) in [6, 6.07) is 16.5. The summed E-state index contributed by atoms with van der Waals surface area (Å²) in [6.07, 6.45) is -1.48. The third kappa shape index (κ3) is 5.67. The summed E-state index contributed by atoms with van der Waals surface area (Å²) in [5, 5.41) is 3.34. The standard InChI is InChI=1S/C23H23ClN2O3S2/c1-14(15-8-6-5-7-9-15)18-20(27)26(22(30)31-18)19(16-10-12-17(24)13-11-16)25-21(28)29-23(2,3)4/h5-13,19H,1-4H3,(H,25,28)/b18-14-. The van der Waals surface area contributed by atoms with Gasteiger partial charge in [-0.25, -0.2) is 4.79 Å². The maximum Gasteiger partial charge on any atom is 0.409 e. The van der Waals surface area contributed by atoms with Crippen LogP contribution in [0.1, 0.15) is 45.0 Å². The van der Waals surface area contributed by atoms with Crippen molar-refractivity contribution in [2.45, 2.75) is 39.5 Å². The molecule has 2 aromatic rings. The normalized spacial score (nSPS) is 16.9. The minimum absolute atomic E-state index is 0.271. The average Bonchev–Trinajstić information content (AvgIpc) is 3.00. The van der Waals surface area contributed by atoms with Crippen LogP contribution in [-0.4, -0.2) is 26.8 Å². The number of hydrogen-bond donors (Lipinski definition) is 1. The molecule has 162 valence electrons. The number of nitrogens with one attached hydrogen (secondary N) is 1. The van der Waals surface area contributed by atoms with Gasteiger partial charge < -0.3 is 4.74 Å². The lowest BCUT2D eigenvalue weighted by molar-refractivity contribution is -0.124. The van der Waals surface area contributed by atoms with Crippen molar-refractivity contribution >= 4 is 57.5 Å². The molecule has 1 saturated heterocycles. The summed E-state index contributed by atoms with van der Waals surface area (Å²) in [5.41, 5.74) is 1.73. The highest BCUT2D eigenvalue weighted by Gasteiger charge is 2.40. The lowest BCUT2D eigenvalue weighted by Crippen LogP contribution is -2.45. The molecule has 0 saturated carbocycles. The molecule has 8 heteroatoms. The Hall–Kier alpha value is -2.35. The Morgan fingerprint density at radius 3 is 2.32 bits per heavy atom. The molecule has 1 aliphatic heterocycles. The molecule has 1 heterocycles. The Bertz CT molecular complexity index is 1030. The number of ether oxygens (including phenoxy) is 1. The fourth-order valence-electron chi connectivity index (χ4n) is 3.01. The van der Waals surface area contributed by atoms with Gasteiger partial charge in [0.15, 0.2) is 0 Å². The topological polar surface area (TPSA) is 58.6 Å². The minimum Gasteiger partial charge on any atom is -0.444 e. The highest BCUT2D eigenvalue weighted by atomic mass is 35.5. The second-order valence-electron chi connectivity index (χ2n) is 7.96. The summed E-state index contributed by atoms with van der Waals surface area (Å²) < 4.78 is 5.76. The van der Waals surface area contributed by atoms with E-state index < -0.39 is 17.9 Å². The molecule has 1 N–H and O–H groups in total. The second kappa shape index (κ2) is 9.42. The van der Waals surface area contributed by atoms with Crippen LogP contribution in [0.25, 0.3) is 5.57 Å².